The molecule has 102 valence electrons. The monoisotopic (exact) mass is 313 g/mol. The summed E-state index contributed by atoms with van der Waals surface area (Å²) in [4.78, 5) is 0. The summed E-state index contributed by atoms with van der Waals surface area (Å²) in [6.07, 6.45) is 2.14. The van der Waals surface area contributed by atoms with Gasteiger partial charge in [-0.05, 0) is 37.4 Å². The summed E-state index contributed by atoms with van der Waals surface area (Å²) < 4.78 is 6.84. The number of hydrogen-bond donors (Lipinski definition) is 1. The fourth-order valence-corrected chi connectivity index (χ4v) is 2.40. The van der Waals surface area contributed by atoms with Gasteiger partial charge in [0.05, 0.1) is 0 Å². The summed E-state index contributed by atoms with van der Waals surface area (Å²) in [6, 6.07) is 8.70. The zero-order valence-electron chi connectivity index (χ0n) is 11.6. The standard InChI is InChI=1S/C15H24BrNO/c1-12(2)8-10-18-11-9-15(17-3)13-6-4-5-7-14(13)16/h4-7,12,15,17H,8-11H2,1-3H3. The van der Waals surface area contributed by atoms with Gasteiger partial charge in [-0.1, -0.05) is 48.0 Å². The lowest BCUT2D eigenvalue weighted by Crippen LogP contribution is -2.19. The molecule has 3 heteroatoms. The van der Waals surface area contributed by atoms with E-state index in [2.05, 4.69) is 53.3 Å². The van der Waals surface area contributed by atoms with E-state index in [9.17, 15) is 0 Å². The van der Waals surface area contributed by atoms with Crippen molar-refractivity contribution in [2.75, 3.05) is 20.3 Å². The minimum Gasteiger partial charge on any atom is -0.381 e. The van der Waals surface area contributed by atoms with Crippen molar-refractivity contribution in [3.63, 3.8) is 0 Å². The first-order valence-electron chi connectivity index (χ1n) is 6.64. The van der Waals surface area contributed by atoms with Crippen molar-refractivity contribution in [3.8, 4) is 0 Å². The molecule has 0 aromatic heterocycles. The lowest BCUT2D eigenvalue weighted by atomic mass is 10.0. The molecule has 1 aromatic carbocycles. The highest BCUT2D eigenvalue weighted by Crippen LogP contribution is 2.25. The van der Waals surface area contributed by atoms with Gasteiger partial charge in [-0.25, -0.2) is 0 Å². The summed E-state index contributed by atoms with van der Waals surface area (Å²) in [6.45, 7) is 6.12. The van der Waals surface area contributed by atoms with Gasteiger partial charge in [-0.2, -0.15) is 0 Å². The van der Waals surface area contributed by atoms with Gasteiger partial charge in [0.1, 0.15) is 0 Å². The van der Waals surface area contributed by atoms with Gasteiger partial charge in [-0.15, -0.1) is 0 Å². The fourth-order valence-electron chi connectivity index (χ4n) is 1.84. The Balaban J connectivity index is 2.36. The second-order valence-corrected chi connectivity index (χ2v) is 5.80. The molecule has 1 atom stereocenters. The van der Waals surface area contributed by atoms with E-state index in [1.54, 1.807) is 0 Å². The van der Waals surface area contributed by atoms with E-state index in [-0.39, 0.29) is 0 Å². The SMILES string of the molecule is CNC(CCOCCC(C)C)c1ccccc1Br. The van der Waals surface area contributed by atoms with Crippen LogP contribution in [0, 0.1) is 5.92 Å². The maximum atomic E-state index is 5.68. The number of ether oxygens (including phenoxy) is 1. The topological polar surface area (TPSA) is 21.3 Å². The lowest BCUT2D eigenvalue weighted by molar-refractivity contribution is 0.115. The van der Waals surface area contributed by atoms with Crippen LogP contribution in [0.25, 0.3) is 0 Å². The van der Waals surface area contributed by atoms with Gasteiger partial charge in [0, 0.05) is 23.7 Å². The van der Waals surface area contributed by atoms with E-state index in [0.717, 1.165) is 30.5 Å². The van der Waals surface area contributed by atoms with Gasteiger partial charge in [0.25, 0.3) is 0 Å². The van der Waals surface area contributed by atoms with Gasteiger partial charge < -0.3 is 10.1 Å². The first-order valence-corrected chi connectivity index (χ1v) is 7.44. The third-order valence-electron chi connectivity index (χ3n) is 3.02. The van der Waals surface area contributed by atoms with Crippen LogP contribution < -0.4 is 5.32 Å². The van der Waals surface area contributed by atoms with E-state index >= 15 is 0 Å². The highest BCUT2D eigenvalue weighted by atomic mass is 79.9. The molecule has 0 saturated heterocycles. The zero-order chi connectivity index (χ0) is 13.4. The minimum absolute atomic E-state index is 0.347. The number of benzene rings is 1. The Morgan fingerprint density at radius 3 is 2.44 bits per heavy atom. The lowest BCUT2D eigenvalue weighted by Gasteiger charge is -2.18. The average molecular weight is 314 g/mol. The summed E-state index contributed by atoms with van der Waals surface area (Å²) in [5, 5.41) is 3.35. The van der Waals surface area contributed by atoms with Crippen molar-refractivity contribution in [2.24, 2.45) is 5.92 Å². The Bertz CT molecular complexity index is 341. The van der Waals surface area contributed by atoms with Crippen molar-refractivity contribution in [1.82, 2.24) is 5.32 Å². The predicted octanol–water partition coefficient (Wildman–Crippen LogP) is 4.16. The molecule has 0 aliphatic carbocycles. The van der Waals surface area contributed by atoms with Crippen molar-refractivity contribution < 1.29 is 4.74 Å². The molecule has 0 fully saturated rings. The third-order valence-corrected chi connectivity index (χ3v) is 3.74. The van der Waals surface area contributed by atoms with Crippen molar-refractivity contribution in [2.45, 2.75) is 32.7 Å². The molecular formula is C15H24BrNO. The Morgan fingerprint density at radius 2 is 1.83 bits per heavy atom. The average Bonchev–Trinajstić information content (AvgIpc) is 2.35. The van der Waals surface area contributed by atoms with Crippen LogP contribution in [0.3, 0.4) is 0 Å². The number of hydrogen-bond acceptors (Lipinski definition) is 2. The molecule has 0 spiro atoms. The highest BCUT2D eigenvalue weighted by Gasteiger charge is 2.11. The van der Waals surface area contributed by atoms with Crippen LogP contribution in [0.4, 0.5) is 0 Å². The van der Waals surface area contributed by atoms with Crippen molar-refractivity contribution in [3.05, 3.63) is 34.3 Å². The van der Waals surface area contributed by atoms with E-state index in [0.29, 0.717) is 12.0 Å². The normalized spacial score (nSPS) is 12.9. The molecule has 0 amide bonds. The third kappa shape index (κ3) is 5.51. The van der Waals surface area contributed by atoms with Gasteiger partial charge >= 0.3 is 0 Å². The molecule has 0 heterocycles. The number of nitrogens with one attached hydrogen (secondary N) is 1. The van der Waals surface area contributed by atoms with Crippen LogP contribution in [0.15, 0.2) is 28.7 Å². The Hall–Kier alpha value is -0.380. The zero-order valence-corrected chi connectivity index (χ0v) is 13.2. The first-order chi connectivity index (χ1) is 8.65. The maximum absolute atomic E-state index is 5.68. The van der Waals surface area contributed by atoms with E-state index in [1.807, 2.05) is 13.1 Å². The Kier molecular flexibility index (Phi) is 7.56. The van der Waals surface area contributed by atoms with Gasteiger partial charge in [-0.3, -0.25) is 0 Å². The van der Waals surface area contributed by atoms with Crippen LogP contribution in [0.2, 0.25) is 0 Å². The largest absolute Gasteiger partial charge is 0.381 e. The molecule has 0 bridgehead atoms. The predicted molar refractivity (Wildman–Crippen MR) is 80.8 cm³/mol. The molecular weight excluding hydrogens is 290 g/mol. The van der Waals surface area contributed by atoms with Crippen LogP contribution in [0.1, 0.15) is 38.3 Å². The summed E-state index contributed by atoms with van der Waals surface area (Å²) in [5.74, 6) is 0.716. The molecule has 18 heavy (non-hydrogen) atoms. The molecule has 1 aromatic rings. The molecule has 0 radical (unpaired) electrons. The summed E-state index contributed by atoms with van der Waals surface area (Å²) in [7, 11) is 2.00. The quantitative estimate of drug-likeness (QED) is 0.727. The molecule has 0 aliphatic rings. The molecule has 0 saturated carbocycles. The molecule has 1 N–H and O–H groups in total. The highest BCUT2D eigenvalue weighted by molar-refractivity contribution is 9.10. The van der Waals surface area contributed by atoms with Crippen LogP contribution >= 0.6 is 15.9 Å². The number of halogens is 1. The first kappa shape index (κ1) is 15.7. The van der Waals surface area contributed by atoms with Crippen molar-refractivity contribution in [1.29, 1.82) is 0 Å². The van der Waals surface area contributed by atoms with Crippen molar-refractivity contribution >= 4 is 15.9 Å². The molecule has 1 rings (SSSR count). The van der Waals surface area contributed by atoms with E-state index in [1.165, 1.54) is 5.56 Å². The molecule has 1 unspecified atom stereocenters. The van der Waals surface area contributed by atoms with Crippen LogP contribution in [0.5, 0.6) is 0 Å². The molecule has 2 nitrogen and oxygen atoms in total. The fraction of sp³-hybridized carbons (Fsp3) is 0.600. The second kappa shape index (κ2) is 8.68. The maximum Gasteiger partial charge on any atom is 0.0484 e. The number of rotatable bonds is 8. The minimum atomic E-state index is 0.347. The second-order valence-electron chi connectivity index (χ2n) is 4.95. The summed E-state index contributed by atoms with van der Waals surface area (Å²) >= 11 is 3.60. The Morgan fingerprint density at radius 1 is 1.17 bits per heavy atom. The van der Waals surface area contributed by atoms with E-state index in [4.69, 9.17) is 4.74 Å². The smallest absolute Gasteiger partial charge is 0.0484 e. The summed E-state index contributed by atoms with van der Waals surface area (Å²) in [5.41, 5.74) is 1.30. The van der Waals surface area contributed by atoms with E-state index < -0.39 is 0 Å². The van der Waals surface area contributed by atoms with Crippen LogP contribution in [-0.2, 0) is 4.74 Å². The van der Waals surface area contributed by atoms with Gasteiger partial charge in [0.2, 0.25) is 0 Å². The van der Waals surface area contributed by atoms with Crippen LogP contribution in [-0.4, -0.2) is 20.3 Å². The Labute approximate surface area is 119 Å². The molecule has 0 aliphatic heterocycles. The van der Waals surface area contributed by atoms with Gasteiger partial charge in [0.15, 0.2) is 0 Å².